The molecule has 0 aliphatic carbocycles. The van der Waals surface area contributed by atoms with Crippen molar-refractivity contribution in [2.75, 3.05) is 31.1 Å². The first-order chi connectivity index (χ1) is 9.15. The Labute approximate surface area is 117 Å². The Kier molecular flexibility index (Phi) is 3.37. The third-order valence-corrected chi connectivity index (χ3v) is 4.43. The van der Waals surface area contributed by atoms with Gasteiger partial charge in [0, 0.05) is 25.7 Å². The Morgan fingerprint density at radius 1 is 1.32 bits per heavy atom. The lowest BCUT2D eigenvalue weighted by molar-refractivity contribution is 0.0697. The summed E-state index contributed by atoms with van der Waals surface area (Å²) >= 11 is 6.23. The van der Waals surface area contributed by atoms with Gasteiger partial charge in [-0.15, -0.1) is 0 Å². The fourth-order valence-electron chi connectivity index (χ4n) is 3.11. The lowest BCUT2D eigenvalue weighted by Gasteiger charge is -2.39. The van der Waals surface area contributed by atoms with Crippen LogP contribution in [-0.4, -0.2) is 48.2 Å². The van der Waals surface area contributed by atoms with Crippen LogP contribution in [0.4, 0.5) is 5.69 Å². The summed E-state index contributed by atoms with van der Waals surface area (Å²) in [6.45, 7) is 4.24. The summed E-state index contributed by atoms with van der Waals surface area (Å²) in [5.41, 5.74) is 1.20. The van der Waals surface area contributed by atoms with Crippen LogP contribution in [-0.2, 0) is 0 Å². The lowest BCUT2D eigenvalue weighted by atomic mass is 10.1. The molecule has 0 radical (unpaired) electrons. The normalized spacial score (nSPS) is 23.4. The number of anilines is 1. The largest absolute Gasteiger partial charge is 0.478 e. The summed E-state index contributed by atoms with van der Waals surface area (Å²) < 4.78 is 0. The van der Waals surface area contributed by atoms with E-state index in [1.807, 2.05) is 6.07 Å². The van der Waals surface area contributed by atoms with Crippen LogP contribution in [0.5, 0.6) is 0 Å². The second kappa shape index (κ2) is 5.02. The number of carboxylic acids is 1. The van der Waals surface area contributed by atoms with Crippen molar-refractivity contribution in [3.8, 4) is 0 Å². The zero-order valence-electron chi connectivity index (χ0n) is 10.7. The number of hydrogen-bond acceptors (Lipinski definition) is 3. The molecule has 2 saturated heterocycles. The molecule has 1 atom stereocenters. The average Bonchev–Trinajstić information content (AvgIpc) is 2.85. The van der Waals surface area contributed by atoms with Gasteiger partial charge in [0.25, 0.3) is 0 Å². The van der Waals surface area contributed by atoms with Crippen molar-refractivity contribution in [2.24, 2.45) is 0 Å². The smallest absolute Gasteiger partial charge is 0.335 e. The molecule has 0 amide bonds. The molecule has 3 rings (SSSR count). The number of carboxylic acid groups (broad SMARTS) is 1. The number of aromatic carboxylic acids is 1. The van der Waals surface area contributed by atoms with E-state index < -0.39 is 5.97 Å². The Balaban J connectivity index is 1.80. The van der Waals surface area contributed by atoms with Gasteiger partial charge in [0.1, 0.15) is 0 Å². The number of rotatable bonds is 2. The van der Waals surface area contributed by atoms with E-state index in [9.17, 15) is 4.79 Å². The summed E-state index contributed by atoms with van der Waals surface area (Å²) in [4.78, 5) is 15.7. The predicted molar refractivity (Wildman–Crippen MR) is 75.2 cm³/mol. The number of fused-ring (bicyclic) bond motifs is 1. The molecule has 2 fully saturated rings. The highest BCUT2D eigenvalue weighted by Gasteiger charge is 2.31. The Morgan fingerprint density at radius 2 is 2.16 bits per heavy atom. The molecule has 2 heterocycles. The highest BCUT2D eigenvalue weighted by molar-refractivity contribution is 6.33. The fourth-order valence-corrected chi connectivity index (χ4v) is 3.41. The Hall–Kier alpha value is -1.26. The van der Waals surface area contributed by atoms with E-state index in [0.29, 0.717) is 11.1 Å². The molecule has 5 heteroatoms. The molecular formula is C14H17ClN2O2. The maximum absolute atomic E-state index is 10.9. The minimum absolute atomic E-state index is 0.244. The zero-order chi connectivity index (χ0) is 13.4. The van der Waals surface area contributed by atoms with E-state index in [0.717, 1.165) is 25.3 Å². The molecule has 2 aliphatic heterocycles. The van der Waals surface area contributed by atoms with Crippen LogP contribution < -0.4 is 4.90 Å². The van der Waals surface area contributed by atoms with Gasteiger partial charge in [-0.25, -0.2) is 4.79 Å². The second-order valence-corrected chi connectivity index (χ2v) is 5.66. The molecule has 19 heavy (non-hydrogen) atoms. The molecular weight excluding hydrogens is 264 g/mol. The van der Waals surface area contributed by atoms with Gasteiger partial charge in [0.15, 0.2) is 0 Å². The first-order valence-electron chi connectivity index (χ1n) is 6.67. The number of halogens is 1. The van der Waals surface area contributed by atoms with Gasteiger partial charge in [-0.05, 0) is 37.6 Å². The molecule has 1 unspecified atom stereocenters. The van der Waals surface area contributed by atoms with Crippen LogP contribution in [0, 0.1) is 0 Å². The van der Waals surface area contributed by atoms with E-state index in [1.54, 1.807) is 12.1 Å². The van der Waals surface area contributed by atoms with Crippen LogP contribution in [0.15, 0.2) is 18.2 Å². The van der Waals surface area contributed by atoms with Crippen molar-refractivity contribution in [2.45, 2.75) is 18.9 Å². The minimum Gasteiger partial charge on any atom is -0.478 e. The maximum Gasteiger partial charge on any atom is 0.335 e. The molecule has 1 aromatic carbocycles. The fraction of sp³-hybridized carbons (Fsp3) is 0.500. The number of piperazine rings is 1. The van der Waals surface area contributed by atoms with Gasteiger partial charge in [-0.3, -0.25) is 4.90 Å². The van der Waals surface area contributed by atoms with E-state index in [4.69, 9.17) is 16.7 Å². The summed E-state index contributed by atoms with van der Waals surface area (Å²) in [5, 5.41) is 9.49. The first kappa shape index (κ1) is 12.8. The standard InChI is InChI=1S/C14H17ClN2O2/c15-12-8-10(14(18)19)3-4-13(12)17-7-6-16-5-1-2-11(16)9-17/h3-4,8,11H,1-2,5-7,9H2,(H,18,19). The van der Waals surface area contributed by atoms with Gasteiger partial charge >= 0.3 is 5.97 Å². The third-order valence-electron chi connectivity index (χ3n) is 4.12. The van der Waals surface area contributed by atoms with Crippen LogP contribution in [0.25, 0.3) is 0 Å². The lowest BCUT2D eigenvalue weighted by Crippen LogP contribution is -2.50. The number of hydrogen-bond donors (Lipinski definition) is 1. The number of benzene rings is 1. The third kappa shape index (κ3) is 2.42. The number of carbonyl (C=O) groups is 1. The van der Waals surface area contributed by atoms with Gasteiger partial charge < -0.3 is 10.0 Å². The minimum atomic E-state index is -0.936. The van der Waals surface area contributed by atoms with Crippen molar-refractivity contribution in [3.63, 3.8) is 0 Å². The van der Waals surface area contributed by atoms with Crippen molar-refractivity contribution in [1.29, 1.82) is 0 Å². The Bertz CT molecular complexity index is 506. The van der Waals surface area contributed by atoms with Crippen LogP contribution in [0.2, 0.25) is 5.02 Å². The van der Waals surface area contributed by atoms with E-state index in [2.05, 4.69) is 9.80 Å². The highest BCUT2D eigenvalue weighted by atomic mass is 35.5. The summed E-state index contributed by atoms with van der Waals surface area (Å²) in [5.74, 6) is -0.936. The van der Waals surface area contributed by atoms with E-state index >= 15 is 0 Å². The van der Waals surface area contributed by atoms with Crippen molar-refractivity contribution >= 4 is 23.3 Å². The van der Waals surface area contributed by atoms with Crippen LogP contribution >= 0.6 is 11.6 Å². The second-order valence-electron chi connectivity index (χ2n) is 5.25. The number of nitrogens with zero attached hydrogens (tertiary/aromatic N) is 2. The molecule has 0 saturated carbocycles. The summed E-state index contributed by atoms with van der Waals surface area (Å²) in [7, 11) is 0. The zero-order valence-corrected chi connectivity index (χ0v) is 11.4. The van der Waals surface area contributed by atoms with Crippen molar-refractivity contribution in [1.82, 2.24) is 4.90 Å². The molecule has 102 valence electrons. The molecule has 1 aromatic rings. The highest BCUT2D eigenvalue weighted by Crippen LogP contribution is 2.31. The van der Waals surface area contributed by atoms with Crippen LogP contribution in [0.3, 0.4) is 0 Å². The van der Waals surface area contributed by atoms with E-state index in [-0.39, 0.29) is 5.56 Å². The van der Waals surface area contributed by atoms with Crippen molar-refractivity contribution < 1.29 is 9.90 Å². The monoisotopic (exact) mass is 280 g/mol. The average molecular weight is 281 g/mol. The van der Waals surface area contributed by atoms with Gasteiger partial charge in [0.05, 0.1) is 16.3 Å². The molecule has 0 spiro atoms. The molecule has 0 aromatic heterocycles. The van der Waals surface area contributed by atoms with Crippen molar-refractivity contribution in [3.05, 3.63) is 28.8 Å². The molecule has 4 nitrogen and oxygen atoms in total. The summed E-state index contributed by atoms with van der Waals surface area (Å²) in [6.07, 6.45) is 2.53. The quantitative estimate of drug-likeness (QED) is 0.903. The predicted octanol–water partition coefficient (Wildman–Crippen LogP) is 2.32. The molecule has 1 N–H and O–H groups in total. The topological polar surface area (TPSA) is 43.8 Å². The van der Waals surface area contributed by atoms with Gasteiger partial charge in [-0.2, -0.15) is 0 Å². The first-order valence-corrected chi connectivity index (χ1v) is 7.05. The molecule has 0 bridgehead atoms. The Morgan fingerprint density at radius 3 is 2.89 bits per heavy atom. The molecule has 2 aliphatic rings. The SMILES string of the molecule is O=C(O)c1ccc(N2CCN3CCCC3C2)c(Cl)c1. The van der Waals surface area contributed by atoms with Gasteiger partial charge in [-0.1, -0.05) is 11.6 Å². The van der Waals surface area contributed by atoms with Gasteiger partial charge in [0.2, 0.25) is 0 Å². The van der Waals surface area contributed by atoms with Crippen LogP contribution in [0.1, 0.15) is 23.2 Å². The summed E-state index contributed by atoms with van der Waals surface area (Å²) in [6, 6.07) is 5.63. The van der Waals surface area contributed by atoms with E-state index in [1.165, 1.54) is 19.4 Å². The maximum atomic E-state index is 10.9.